The fraction of sp³-hybridized carbons (Fsp3) is 0.200. The molecule has 0 amide bonds. The van der Waals surface area contributed by atoms with Gasteiger partial charge < -0.3 is 0 Å². The molecule has 0 N–H and O–H groups in total. The largest absolute Gasteiger partial charge is 0.0984 e. The van der Waals surface area contributed by atoms with E-state index in [2.05, 4.69) is 12.6 Å². The van der Waals surface area contributed by atoms with Crippen LogP contribution in [0.3, 0.4) is 0 Å². The van der Waals surface area contributed by atoms with Gasteiger partial charge in [-0.1, -0.05) is 36.4 Å². The molecule has 1 heteroatoms. The van der Waals surface area contributed by atoms with Gasteiger partial charge in [-0.05, 0) is 30.5 Å². The molecule has 1 aromatic rings. The molecule has 0 unspecified atom stereocenters. The highest BCUT2D eigenvalue weighted by Gasteiger charge is 2.01. The summed E-state index contributed by atoms with van der Waals surface area (Å²) in [7, 11) is 0. The molecule has 58 valence electrons. The molecule has 0 saturated carbocycles. The normalized spacial score (nSPS) is 9.73. The van der Waals surface area contributed by atoms with Crippen LogP contribution in [0.1, 0.15) is 16.7 Å². The van der Waals surface area contributed by atoms with Crippen molar-refractivity contribution >= 4 is 17.7 Å². The van der Waals surface area contributed by atoms with Crippen molar-refractivity contribution in [1.29, 1.82) is 0 Å². The summed E-state index contributed by atoms with van der Waals surface area (Å²) >= 11 is 6.03. The zero-order valence-electron chi connectivity index (χ0n) is 6.82. The van der Waals surface area contributed by atoms with Crippen molar-refractivity contribution in [2.75, 3.05) is 0 Å². The lowest BCUT2D eigenvalue weighted by molar-refractivity contribution is 1.33. The standard InChI is InChI=1S/C10H11Cl/c1-4-9-6-5-7(2)8(3)10(9)11/h4-6H,1H2,2-3H3. The first-order valence-electron chi connectivity index (χ1n) is 3.55. The lowest BCUT2D eigenvalue weighted by Crippen LogP contribution is -1.84. The zero-order valence-corrected chi connectivity index (χ0v) is 7.57. The van der Waals surface area contributed by atoms with Gasteiger partial charge >= 0.3 is 0 Å². The van der Waals surface area contributed by atoms with Crippen molar-refractivity contribution in [2.45, 2.75) is 13.8 Å². The van der Waals surface area contributed by atoms with Crippen LogP contribution in [-0.4, -0.2) is 0 Å². The van der Waals surface area contributed by atoms with Gasteiger partial charge in [0.05, 0.1) is 5.02 Å². The Bertz CT molecular complexity index is 287. The third-order valence-corrected chi connectivity index (χ3v) is 2.41. The maximum absolute atomic E-state index is 6.03. The Morgan fingerprint density at radius 3 is 2.55 bits per heavy atom. The predicted molar refractivity (Wildman–Crippen MR) is 51.0 cm³/mol. The zero-order chi connectivity index (χ0) is 8.43. The van der Waals surface area contributed by atoms with E-state index in [-0.39, 0.29) is 0 Å². The summed E-state index contributed by atoms with van der Waals surface area (Å²) in [5, 5.41) is 0.819. The highest BCUT2D eigenvalue weighted by atomic mass is 35.5. The van der Waals surface area contributed by atoms with E-state index in [1.165, 1.54) is 5.56 Å². The number of hydrogen-bond acceptors (Lipinski definition) is 0. The lowest BCUT2D eigenvalue weighted by atomic mass is 10.1. The molecule has 0 nitrogen and oxygen atoms in total. The SMILES string of the molecule is C=Cc1ccc(C)c(C)c1Cl. The lowest BCUT2D eigenvalue weighted by Gasteiger charge is -2.04. The molecule has 0 fully saturated rings. The summed E-state index contributed by atoms with van der Waals surface area (Å²) in [4.78, 5) is 0. The van der Waals surface area contributed by atoms with Crippen molar-refractivity contribution in [3.8, 4) is 0 Å². The number of aryl methyl sites for hydroxylation is 1. The third kappa shape index (κ3) is 1.46. The molecule has 11 heavy (non-hydrogen) atoms. The molecule has 0 radical (unpaired) electrons. The van der Waals surface area contributed by atoms with E-state index >= 15 is 0 Å². The Balaban J connectivity index is 3.36. The van der Waals surface area contributed by atoms with Crippen molar-refractivity contribution < 1.29 is 0 Å². The first-order chi connectivity index (χ1) is 5.16. The number of halogens is 1. The van der Waals surface area contributed by atoms with Crippen LogP contribution < -0.4 is 0 Å². The van der Waals surface area contributed by atoms with Gasteiger partial charge in [0.2, 0.25) is 0 Å². The molecule has 0 aliphatic rings. The Morgan fingerprint density at radius 1 is 1.36 bits per heavy atom. The summed E-state index contributed by atoms with van der Waals surface area (Å²) in [6.07, 6.45) is 1.77. The molecular formula is C10H11Cl. The Labute approximate surface area is 72.5 Å². The maximum atomic E-state index is 6.03. The predicted octanol–water partition coefficient (Wildman–Crippen LogP) is 3.60. The van der Waals surface area contributed by atoms with E-state index in [9.17, 15) is 0 Å². The van der Waals surface area contributed by atoms with Gasteiger partial charge in [-0.15, -0.1) is 0 Å². The topological polar surface area (TPSA) is 0 Å². The quantitative estimate of drug-likeness (QED) is 0.598. The second-order valence-corrected chi connectivity index (χ2v) is 2.99. The van der Waals surface area contributed by atoms with Crippen LogP contribution in [0.5, 0.6) is 0 Å². The van der Waals surface area contributed by atoms with E-state index < -0.39 is 0 Å². The minimum absolute atomic E-state index is 0.819. The van der Waals surface area contributed by atoms with Crippen LogP contribution in [0.15, 0.2) is 18.7 Å². The molecular weight excluding hydrogens is 156 g/mol. The summed E-state index contributed by atoms with van der Waals surface area (Å²) in [6, 6.07) is 4.04. The molecule has 0 bridgehead atoms. The van der Waals surface area contributed by atoms with E-state index in [0.717, 1.165) is 16.1 Å². The number of benzene rings is 1. The number of rotatable bonds is 1. The molecule has 0 atom stereocenters. The fourth-order valence-corrected chi connectivity index (χ4v) is 1.25. The first kappa shape index (κ1) is 8.35. The summed E-state index contributed by atoms with van der Waals surface area (Å²) in [5.74, 6) is 0. The highest BCUT2D eigenvalue weighted by Crippen LogP contribution is 2.23. The fourth-order valence-electron chi connectivity index (χ4n) is 0.960. The summed E-state index contributed by atoms with van der Waals surface area (Å²) in [6.45, 7) is 7.75. The molecule has 0 saturated heterocycles. The highest BCUT2D eigenvalue weighted by molar-refractivity contribution is 6.32. The van der Waals surface area contributed by atoms with Crippen LogP contribution in [0.2, 0.25) is 5.02 Å². The maximum Gasteiger partial charge on any atom is 0.0509 e. The molecule has 0 aliphatic carbocycles. The van der Waals surface area contributed by atoms with Crippen LogP contribution >= 0.6 is 11.6 Å². The van der Waals surface area contributed by atoms with Gasteiger partial charge in [0.25, 0.3) is 0 Å². The Morgan fingerprint density at radius 2 is 2.00 bits per heavy atom. The second kappa shape index (κ2) is 3.10. The van der Waals surface area contributed by atoms with Crippen molar-refractivity contribution in [1.82, 2.24) is 0 Å². The average Bonchev–Trinajstić information content (AvgIpc) is 2.01. The summed E-state index contributed by atoms with van der Waals surface area (Å²) in [5.41, 5.74) is 3.37. The Kier molecular flexibility index (Phi) is 2.35. The summed E-state index contributed by atoms with van der Waals surface area (Å²) < 4.78 is 0. The molecule has 1 rings (SSSR count). The third-order valence-electron chi connectivity index (χ3n) is 1.91. The molecule has 0 spiro atoms. The van der Waals surface area contributed by atoms with Crippen LogP contribution in [0.4, 0.5) is 0 Å². The monoisotopic (exact) mass is 166 g/mol. The average molecular weight is 167 g/mol. The number of hydrogen-bond donors (Lipinski definition) is 0. The van der Waals surface area contributed by atoms with Crippen LogP contribution in [0.25, 0.3) is 6.08 Å². The van der Waals surface area contributed by atoms with Crippen molar-refractivity contribution in [3.63, 3.8) is 0 Å². The minimum Gasteiger partial charge on any atom is -0.0984 e. The first-order valence-corrected chi connectivity index (χ1v) is 3.92. The van der Waals surface area contributed by atoms with Crippen LogP contribution in [0, 0.1) is 13.8 Å². The van der Waals surface area contributed by atoms with E-state index in [4.69, 9.17) is 11.6 Å². The van der Waals surface area contributed by atoms with Crippen molar-refractivity contribution in [2.24, 2.45) is 0 Å². The van der Waals surface area contributed by atoms with Crippen LogP contribution in [-0.2, 0) is 0 Å². The molecule has 0 heterocycles. The van der Waals surface area contributed by atoms with Gasteiger partial charge in [-0.3, -0.25) is 0 Å². The van der Waals surface area contributed by atoms with Gasteiger partial charge in [0.1, 0.15) is 0 Å². The van der Waals surface area contributed by atoms with Gasteiger partial charge in [-0.25, -0.2) is 0 Å². The molecule has 0 aromatic heterocycles. The smallest absolute Gasteiger partial charge is 0.0509 e. The van der Waals surface area contributed by atoms with Crippen molar-refractivity contribution in [3.05, 3.63) is 40.4 Å². The minimum atomic E-state index is 0.819. The van der Waals surface area contributed by atoms with E-state index in [0.29, 0.717) is 0 Å². The second-order valence-electron chi connectivity index (χ2n) is 2.61. The molecule has 0 aliphatic heterocycles. The Hall–Kier alpha value is -0.750. The van der Waals surface area contributed by atoms with Gasteiger partial charge in [-0.2, -0.15) is 0 Å². The van der Waals surface area contributed by atoms with Gasteiger partial charge in [0.15, 0.2) is 0 Å². The van der Waals surface area contributed by atoms with E-state index in [1.807, 2.05) is 19.9 Å². The van der Waals surface area contributed by atoms with E-state index in [1.54, 1.807) is 6.08 Å². The van der Waals surface area contributed by atoms with Gasteiger partial charge in [0, 0.05) is 0 Å². The molecule has 1 aromatic carbocycles.